The zero-order valence-electron chi connectivity index (χ0n) is 15.7. The maximum absolute atomic E-state index is 12.7. The molecule has 0 bridgehead atoms. The molecule has 0 spiro atoms. The molecular formula is C21H22N4O3. The quantitative estimate of drug-likeness (QED) is 0.680. The van der Waals surface area contributed by atoms with E-state index in [2.05, 4.69) is 15.1 Å². The number of hydrogen-bond acceptors (Lipinski definition) is 6. The molecule has 2 aromatic heterocycles. The van der Waals surface area contributed by atoms with Crippen molar-refractivity contribution in [1.29, 1.82) is 0 Å². The van der Waals surface area contributed by atoms with Crippen molar-refractivity contribution < 1.29 is 13.9 Å². The number of piperazine rings is 1. The van der Waals surface area contributed by atoms with Crippen LogP contribution in [-0.2, 0) is 11.2 Å². The standard InChI is InChI=1S/C21H22N4O3/c1-27-18-6-3-2-5-16(18)15-21(26)25-12-10-24(11-13-25)20-9-8-17(22-23-20)19-7-4-14-28-19/h2-9,14H,10-13,15H2,1H3. The van der Waals surface area contributed by atoms with Crippen LogP contribution in [0.4, 0.5) is 5.82 Å². The molecule has 0 unspecified atom stereocenters. The molecule has 0 atom stereocenters. The van der Waals surface area contributed by atoms with Gasteiger partial charge >= 0.3 is 0 Å². The summed E-state index contributed by atoms with van der Waals surface area (Å²) in [6.45, 7) is 2.78. The van der Waals surface area contributed by atoms with Crippen LogP contribution < -0.4 is 9.64 Å². The van der Waals surface area contributed by atoms with Gasteiger partial charge < -0.3 is 19.0 Å². The Bertz CT molecular complexity index is 917. The lowest BCUT2D eigenvalue weighted by Gasteiger charge is -2.35. The minimum absolute atomic E-state index is 0.114. The van der Waals surface area contributed by atoms with E-state index in [1.807, 2.05) is 53.4 Å². The predicted molar refractivity (Wildman–Crippen MR) is 105 cm³/mol. The number of furan rings is 1. The predicted octanol–water partition coefficient (Wildman–Crippen LogP) is 2.64. The molecule has 3 heterocycles. The highest BCUT2D eigenvalue weighted by Crippen LogP contribution is 2.21. The molecule has 7 nitrogen and oxygen atoms in total. The van der Waals surface area contributed by atoms with E-state index in [1.165, 1.54) is 0 Å². The molecule has 0 radical (unpaired) electrons. The Morgan fingerprint density at radius 1 is 1.04 bits per heavy atom. The largest absolute Gasteiger partial charge is 0.496 e. The van der Waals surface area contributed by atoms with Crippen LogP contribution in [0.2, 0.25) is 0 Å². The fourth-order valence-corrected chi connectivity index (χ4v) is 3.36. The zero-order valence-corrected chi connectivity index (χ0v) is 15.7. The van der Waals surface area contributed by atoms with Gasteiger partial charge in [-0.25, -0.2) is 0 Å². The van der Waals surface area contributed by atoms with Crippen LogP contribution in [0.3, 0.4) is 0 Å². The first kappa shape index (κ1) is 18.0. The van der Waals surface area contributed by atoms with Gasteiger partial charge in [-0.15, -0.1) is 10.2 Å². The van der Waals surface area contributed by atoms with Crippen molar-refractivity contribution in [3.63, 3.8) is 0 Å². The summed E-state index contributed by atoms with van der Waals surface area (Å²) in [5, 5.41) is 8.56. The molecule has 0 saturated carbocycles. The lowest BCUT2D eigenvalue weighted by Crippen LogP contribution is -2.49. The van der Waals surface area contributed by atoms with E-state index < -0.39 is 0 Å². The van der Waals surface area contributed by atoms with Crippen molar-refractivity contribution in [1.82, 2.24) is 15.1 Å². The number of anilines is 1. The van der Waals surface area contributed by atoms with Crippen LogP contribution in [0.25, 0.3) is 11.5 Å². The summed E-state index contributed by atoms with van der Waals surface area (Å²) < 4.78 is 10.7. The molecule has 28 heavy (non-hydrogen) atoms. The number of methoxy groups -OCH3 is 1. The lowest BCUT2D eigenvalue weighted by atomic mass is 10.1. The molecule has 1 saturated heterocycles. The second kappa shape index (κ2) is 8.12. The summed E-state index contributed by atoms with van der Waals surface area (Å²) >= 11 is 0. The Balaban J connectivity index is 1.34. The van der Waals surface area contributed by atoms with Crippen molar-refractivity contribution in [2.45, 2.75) is 6.42 Å². The van der Waals surface area contributed by atoms with Gasteiger partial charge in [0.2, 0.25) is 5.91 Å². The summed E-state index contributed by atoms with van der Waals surface area (Å²) in [6, 6.07) is 15.2. The van der Waals surface area contributed by atoms with Crippen LogP contribution in [0.15, 0.2) is 59.2 Å². The summed E-state index contributed by atoms with van der Waals surface area (Å²) in [5.74, 6) is 2.38. The monoisotopic (exact) mass is 378 g/mol. The molecule has 4 rings (SSSR count). The number of benzene rings is 1. The van der Waals surface area contributed by atoms with E-state index in [-0.39, 0.29) is 5.91 Å². The van der Waals surface area contributed by atoms with E-state index >= 15 is 0 Å². The number of hydrogen-bond donors (Lipinski definition) is 0. The minimum Gasteiger partial charge on any atom is -0.496 e. The SMILES string of the molecule is COc1ccccc1CC(=O)N1CCN(c2ccc(-c3ccco3)nn2)CC1. The molecule has 1 amide bonds. The van der Waals surface area contributed by atoms with Crippen LogP contribution in [0.5, 0.6) is 5.75 Å². The third-order valence-corrected chi connectivity index (χ3v) is 4.91. The van der Waals surface area contributed by atoms with Crippen molar-refractivity contribution in [2.24, 2.45) is 0 Å². The van der Waals surface area contributed by atoms with Gasteiger partial charge in [-0.1, -0.05) is 18.2 Å². The Kier molecular flexibility index (Phi) is 5.23. The first-order valence-corrected chi connectivity index (χ1v) is 9.27. The molecule has 3 aromatic rings. The minimum atomic E-state index is 0.114. The molecule has 0 N–H and O–H groups in total. The summed E-state index contributed by atoms with van der Waals surface area (Å²) in [5.41, 5.74) is 1.62. The van der Waals surface area contributed by atoms with E-state index in [9.17, 15) is 4.79 Å². The highest BCUT2D eigenvalue weighted by atomic mass is 16.5. The molecule has 1 aliphatic heterocycles. The van der Waals surface area contributed by atoms with Gasteiger partial charge in [0.25, 0.3) is 0 Å². The average Bonchev–Trinajstić information content (AvgIpc) is 3.29. The Morgan fingerprint density at radius 3 is 2.54 bits per heavy atom. The van der Waals surface area contributed by atoms with E-state index in [0.717, 1.165) is 30.2 Å². The van der Waals surface area contributed by atoms with Crippen LogP contribution >= 0.6 is 0 Å². The van der Waals surface area contributed by atoms with Crippen molar-refractivity contribution >= 4 is 11.7 Å². The number of rotatable bonds is 5. The summed E-state index contributed by atoms with van der Waals surface area (Å²) in [6.07, 6.45) is 1.97. The second-order valence-electron chi connectivity index (χ2n) is 6.61. The fraction of sp³-hybridized carbons (Fsp3) is 0.286. The van der Waals surface area contributed by atoms with Crippen molar-refractivity contribution in [2.75, 3.05) is 38.2 Å². The number of aromatic nitrogens is 2. The first-order valence-electron chi connectivity index (χ1n) is 9.27. The van der Waals surface area contributed by atoms with Gasteiger partial charge in [-0.3, -0.25) is 4.79 Å². The Labute approximate surface area is 163 Å². The van der Waals surface area contributed by atoms with Gasteiger partial charge in [0, 0.05) is 31.7 Å². The smallest absolute Gasteiger partial charge is 0.227 e. The number of ether oxygens (including phenoxy) is 1. The van der Waals surface area contributed by atoms with Gasteiger partial charge in [-0.2, -0.15) is 0 Å². The topological polar surface area (TPSA) is 71.7 Å². The molecular weight excluding hydrogens is 356 g/mol. The third-order valence-electron chi connectivity index (χ3n) is 4.91. The fourth-order valence-electron chi connectivity index (χ4n) is 3.36. The Morgan fingerprint density at radius 2 is 1.86 bits per heavy atom. The van der Waals surface area contributed by atoms with E-state index in [4.69, 9.17) is 9.15 Å². The van der Waals surface area contributed by atoms with Crippen LogP contribution in [-0.4, -0.2) is 54.3 Å². The molecule has 7 heteroatoms. The highest BCUT2D eigenvalue weighted by Gasteiger charge is 2.23. The Hall–Kier alpha value is -3.35. The maximum Gasteiger partial charge on any atom is 0.227 e. The lowest BCUT2D eigenvalue weighted by molar-refractivity contribution is -0.130. The zero-order chi connectivity index (χ0) is 19.3. The average molecular weight is 378 g/mol. The second-order valence-corrected chi connectivity index (χ2v) is 6.61. The molecule has 1 fully saturated rings. The molecule has 0 aliphatic carbocycles. The number of nitrogens with zero attached hydrogens (tertiary/aromatic N) is 4. The van der Waals surface area contributed by atoms with Gasteiger partial charge in [0.1, 0.15) is 11.4 Å². The molecule has 144 valence electrons. The normalized spacial score (nSPS) is 14.2. The van der Waals surface area contributed by atoms with E-state index in [0.29, 0.717) is 31.0 Å². The van der Waals surface area contributed by atoms with Crippen molar-refractivity contribution in [3.05, 3.63) is 60.4 Å². The van der Waals surface area contributed by atoms with Gasteiger partial charge in [0.05, 0.1) is 19.8 Å². The van der Waals surface area contributed by atoms with Crippen molar-refractivity contribution in [3.8, 4) is 17.2 Å². The van der Waals surface area contributed by atoms with Crippen LogP contribution in [0.1, 0.15) is 5.56 Å². The molecule has 1 aromatic carbocycles. The summed E-state index contributed by atoms with van der Waals surface area (Å²) in [4.78, 5) is 16.7. The van der Waals surface area contributed by atoms with Gasteiger partial charge in [0.15, 0.2) is 11.6 Å². The first-order chi connectivity index (χ1) is 13.7. The molecule has 1 aliphatic rings. The maximum atomic E-state index is 12.7. The number of para-hydroxylation sites is 1. The number of carbonyl (C=O) groups excluding carboxylic acids is 1. The van der Waals surface area contributed by atoms with E-state index in [1.54, 1.807) is 13.4 Å². The number of amides is 1. The van der Waals surface area contributed by atoms with Gasteiger partial charge in [-0.05, 0) is 30.3 Å². The number of carbonyl (C=O) groups is 1. The highest BCUT2D eigenvalue weighted by molar-refractivity contribution is 5.79. The third kappa shape index (κ3) is 3.83. The summed E-state index contributed by atoms with van der Waals surface area (Å²) in [7, 11) is 1.63. The van der Waals surface area contributed by atoms with Crippen LogP contribution in [0, 0.1) is 0 Å².